The predicted octanol–water partition coefficient (Wildman–Crippen LogP) is 8.39. The van der Waals surface area contributed by atoms with E-state index in [1.54, 1.807) is 43.6 Å². The number of benzene rings is 4. The molecule has 6 rings (SSSR count). The Balaban J connectivity index is 1.17. The number of pyridine rings is 2. The van der Waals surface area contributed by atoms with Crippen LogP contribution in [0.4, 0.5) is 5.69 Å². The van der Waals surface area contributed by atoms with E-state index < -0.39 is 0 Å². The van der Waals surface area contributed by atoms with Gasteiger partial charge in [0.1, 0.15) is 30.2 Å². The Labute approximate surface area is 291 Å². The van der Waals surface area contributed by atoms with Crippen LogP contribution >= 0.6 is 0 Å². The molecule has 0 unspecified atom stereocenters. The highest BCUT2D eigenvalue weighted by Crippen LogP contribution is 2.34. The molecule has 0 aliphatic heterocycles. The number of anilines is 1. The first-order valence-corrected chi connectivity index (χ1v) is 16.4. The van der Waals surface area contributed by atoms with Gasteiger partial charge in [0.2, 0.25) is 5.91 Å². The van der Waals surface area contributed by atoms with Crippen LogP contribution in [-0.2, 0) is 18.0 Å². The summed E-state index contributed by atoms with van der Waals surface area (Å²) in [6.45, 7) is 6.84. The smallest absolute Gasteiger partial charge is 0.251 e. The standard InChI is InChI=1S/C42H38N4O4/c1-27-14-20-35(32-9-7-11-33(24-32)46-40(47)21-17-30-15-18-31(19-16-30)42(48)43-4)29(3)37(27)26-50-38-13-8-12-36-39(23-28(2)45-41(36)38)49-25-34-10-5-6-22-44-34/h5-24H,25-26H2,1-4H3,(H,43,48)(H,46,47). The Bertz CT molecular complexity index is 2200. The lowest BCUT2D eigenvalue weighted by atomic mass is 9.93. The Hall–Kier alpha value is -6.28. The second kappa shape index (κ2) is 15.3. The molecule has 250 valence electrons. The molecule has 0 atom stereocenters. The molecule has 0 bridgehead atoms. The predicted molar refractivity (Wildman–Crippen MR) is 198 cm³/mol. The van der Waals surface area contributed by atoms with Gasteiger partial charge in [-0.05, 0) is 109 Å². The zero-order chi connectivity index (χ0) is 35.0. The second-order valence-corrected chi connectivity index (χ2v) is 12.0. The molecule has 4 aromatic carbocycles. The van der Waals surface area contributed by atoms with E-state index >= 15 is 0 Å². The van der Waals surface area contributed by atoms with Crippen molar-refractivity contribution in [3.63, 3.8) is 0 Å². The highest BCUT2D eigenvalue weighted by atomic mass is 16.5. The van der Waals surface area contributed by atoms with Crippen molar-refractivity contribution < 1.29 is 19.1 Å². The topological polar surface area (TPSA) is 102 Å². The fourth-order valence-corrected chi connectivity index (χ4v) is 5.77. The minimum Gasteiger partial charge on any atom is -0.487 e. The first-order chi connectivity index (χ1) is 24.3. The van der Waals surface area contributed by atoms with Crippen LogP contribution in [0.25, 0.3) is 28.1 Å². The molecule has 2 N–H and O–H groups in total. The largest absolute Gasteiger partial charge is 0.487 e. The van der Waals surface area contributed by atoms with Gasteiger partial charge in [-0.1, -0.05) is 48.5 Å². The molecule has 50 heavy (non-hydrogen) atoms. The molecule has 8 heteroatoms. The van der Waals surface area contributed by atoms with Gasteiger partial charge >= 0.3 is 0 Å². The Morgan fingerprint density at radius 3 is 2.38 bits per heavy atom. The van der Waals surface area contributed by atoms with Gasteiger partial charge in [-0.15, -0.1) is 0 Å². The van der Waals surface area contributed by atoms with E-state index in [2.05, 4.69) is 41.6 Å². The summed E-state index contributed by atoms with van der Waals surface area (Å²) in [5.74, 6) is 1.00. The maximum Gasteiger partial charge on any atom is 0.251 e. The summed E-state index contributed by atoms with van der Waals surface area (Å²) in [4.78, 5) is 33.8. The van der Waals surface area contributed by atoms with Crippen molar-refractivity contribution in [1.29, 1.82) is 0 Å². The number of amides is 2. The maximum absolute atomic E-state index is 12.8. The van der Waals surface area contributed by atoms with Gasteiger partial charge in [0.25, 0.3) is 5.91 Å². The second-order valence-electron chi connectivity index (χ2n) is 12.0. The van der Waals surface area contributed by atoms with Crippen LogP contribution in [0, 0.1) is 20.8 Å². The molecular weight excluding hydrogens is 624 g/mol. The molecule has 0 saturated heterocycles. The first kappa shape index (κ1) is 33.6. The van der Waals surface area contributed by atoms with Gasteiger partial charge < -0.3 is 20.1 Å². The number of para-hydroxylation sites is 1. The Morgan fingerprint density at radius 2 is 1.60 bits per heavy atom. The van der Waals surface area contributed by atoms with E-state index in [-0.39, 0.29) is 11.8 Å². The van der Waals surface area contributed by atoms with E-state index in [1.165, 1.54) is 6.08 Å². The fourth-order valence-electron chi connectivity index (χ4n) is 5.77. The van der Waals surface area contributed by atoms with Crippen LogP contribution in [0.5, 0.6) is 11.5 Å². The molecule has 0 fully saturated rings. The van der Waals surface area contributed by atoms with Gasteiger partial charge in [-0.25, -0.2) is 4.98 Å². The summed E-state index contributed by atoms with van der Waals surface area (Å²) >= 11 is 0. The van der Waals surface area contributed by atoms with Crippen LogP contribution < -0.4 is 20.1 Å². The number of nitrogens with one attached hydrogen (secondary N) is 2. The number of rotatable bonds is 11. The van der Waals surface area contributed by atoms with Crippen molar-refractivity contribution in [2.75, 3.05) is 12.4 Å². The van der Waals surface area contributed by atoms with Crippen LogP contribution in [0.2, 0.25) is 0 Å². The number of fused-ring (bicyclic) bond motifs is 1. The number of aryl methyl sites for hydroxylation is 2. The van der Waals surface area contributed by atoms with Gasteiger partial charge in [0.05, 0.1) is 5.69 Å². The van der Waals surface area contributed by atoms with Crippen molar-refractivity contribution in [2.24, 2.45) is 0 Å². The Morgan fingerprint density at radius 1 is 0.800 bits per heavy atom. The van der Waals surface area contributed by atoms with Crippen molar-refractivity contribution in [1.82, 2.24) is 15.3 Å². The highest BCUT2D eigenvalue weighted by molar-refractivity contribution is 6.02. The van der Waals surface area contributed by atoms with Crippen LogP contribution in [-0.4, -0.2) is 28.8 Å². The quantitative estimate of drug-likeness (QED) is 0.135. The van der Waals surface area contributed by atoms with Crippen molar-refractivity contribution >= 4 is 34.5 Å². The lowest BCUT2D eigenvalue weighted by molar-refractivity contribution is -0.111. The normalized spacial score (nSPS) is 11.0. The zero-order valence-corrected chi connectivity index (χ0v) is 28.5. The van der Waals surface area contributed by atoms with Gasteiger partial charge in [0, 0.05) is 47.7 Å². The molecular formula is C42H38N4O4. The molecule has 2 heterocycles. The van der Waals surface area contributed by atoms with Crippen molar-refractivity contribution in [3.05, 3.63) is 155 Å². The SMILES string of the molecule is CNC(=O)c1ccc(C=CC(=O)Nc2cccc(-c3ccc(C)c(COc4cccc5c(OCc6ccccn6)cc(C)nc45)c3C)c2)cc1. The summed E-state index contributed by atoms with van der Waals surface area (Å²) in [7, 11) is 1.59. The van der Waals surface area contributed by atoms with E-state index in [4.69, 9.17) is 14.5 Å². The molecule has 0 aliphatic carbocycles. The number of hydrogen-bond acceptors (Lipinski definition) is 6. The highest BCUT2D eigenvalue weighted by Gasteiger charge is 2.15. The maximum atomic E-state index is 12.8. The molecule has 0 spiro atoms. The molecule has 0 saturated carbocycles. The van der Waals surface area contributed by atoms with Crippen LogP contribution in [0.1, 0.15) is 44.0 Å². The minimum atomic E-state index is -0.253. The van der Waals surface area contributed by atoms with Gasteiger partial charge in [0.15, 0.2) is 0 Å². The Kier molecular flexibility index (Phi) is 10.3. The van der Waals surface area contributed by atoms with Crippen molar-refractivity contribution in [3.8, 4) is 22.6 Å². The number of ether oxygens (including phenoxy) is 2. The van der Waals surface area contributed by atoms with Gasteiger partial charge in [-0.3, -0.25) is 14.6 Å². The molecule has 6 aromatic rings. The van der Waals surface area contributed by atoms with E-state index in [0.717, 1.165) is 61.4 Å². The van der Waals surface area contributed by atoms with E-state index in [1.807, 2.05) is 73.7 Å². The van der Waals surface area contributed by atoms with E-state index in [0.29, 0.717) is 30.2 Å². The lowest BCUT2D eigenvalue weighted by Crippen LogP contribution is -2.17. The third kappa shape index (κ3) is 7.88. The van der Waals surface area contributed by atoms with Crippen LogP contribution in [0.15, 0.2) is 115 Å². The molecule has 2 amide bonds. The first-order valence-electron chi connectivity index (χ1n) is 16.4. The summed E-state index contributed by atoms with van der Waals surface area (Å²) in [5.41, 5.74) is 9.81. The monoisotopic (exact) mass is 662 g/mol. The molecule has 2 aromatic heterocycles. The van der Waals surface area contributed by atoms with E-state index in [9.17, 15) is 9.59 Å². The number of hydrogen-bond donors (Lipinski definition) is 2. The fraction of sp³-hybridized carbons (Fsp3) is 0.143. The third-order valence-electron chi connectivity index (χ3n) is 8.47. The summed E-state index contributed by atoms with van der Waals surface area (Å²) in [5, 5.41) is 6.43. The average Bonchev–Trinajstić information content (AvgIpc) is 3.13. The third-order valence-corrected chi connectivity index (χ3v) is 8.47. The number of aromatic nitrogens is 2. The summed E-state index contributed by atoms with van der Waals surface area (Å²) in [6.07, 6.45) is 4.95. The zero-order valence-electron chi connectivity index (χ0n) is 28.5. The number of nitrogens with zero attached hydrogens (tertiary/aromatic N) is 2. The molecule has 8 nitrogen and oxygen atoms in total. The average molecular weight is 663 g/mol. The van der Waals surface area contributed by atoms with Crippen molar-refractivity contribution in [2.45, 2.75) is 34.0 Å². The summed E-state index contributed by atoms with van der Waals surface area (Å²) in [6, 6.07) is 32.6. The number of carbonyl (C=O) groups excluding carboxylic acids is 2. The van der Waals surface area contributed by atoms with Crippen LogP contribution in [0.3, 0.4) is 0 Å². The lowest BCUT2D eigenvalue weighted by Gasteiger charge is -2.17. The number of carbonyl (C=O) groups is 2. The summed E-state index contributed by atoms with van der Waals surface area (Å²) < 4.78 is 12.7. The molecule has 0 aliphatic rings. The minimum absolute atomic E-state index is 0.156. The molecule has 0 radical (unpaired) electrons. The van der Waals surface area contributed by atoms with Gasteiger partial charge in [-0.2, -0.15) is 0 Å².